The molecule has 0 saturated carbocycles. The highest BCUT2D eigenvalue weighted by Crippen LogP contribution is 2.33. The van der Waals surface area contributed by atoms with Gasteiger partial charge in [-0.1, -0.05) is 69.3 Å². The van der Waals surface area contributed by atoms with Crippen molar-refractivity contribution in [3.8, 4) is 0 Å². The largest absolute Gasteiger partial charge is 0.356 e. The van der Waals surface area contributed by atoms with E-state index in [0.29, 0.717) is 6.42 Å². The van der Waals surface area contributed by atoms with Crippen LogP contribution in [0.3, 0.4) is 0 Å². The van der Waals surface area contributed by atoms with Gasteiger partial charge in [-0.05, 0) is 140 Å². The number of likely N-dealkylation sites (tertiary alicyclic amines) is 2. The molecule has 2 aromatic rings. The van der Waals surface area contributed by atoms with Crippen molar-refractivity contribution in [1.29, 1.82) is 0 Å². The predicted octanol–water partition coefficient (Wildman–Crippen LogP) is 1.61. The summed E-state index contributed by atoms with van der Waals surface area (Å²) in [5.74, 6) is -2.80. The van der Waals surface area contributed by atoms with Crippen LogP contribution in [0.5, 0.6) is 0 Å². The molecule has 0 aromatic heterocycles. The number of aryl methyl sites for hydroxylation is 2. The van der Waals surface area contributed by atoms with Crippen molar-refractivity contribution < 1.29 is 38.4 Å². The highest BCUT2D eigenvalue weighted by Gasteiger charge is 2.46. The Hall–Kier alpha value is -5.57. The number of likely N-dealkylation sites (N-methyl/N-ethyl adjacent to an activating group) is 4. The molecule has 2 unspecified atom stereocenters. The van der Waals surface area contributed by atoms with Crippen molar-refractivity contribution in [3.05, 3.63) is 70.8 Å². The zero-order valence-electron chi connectivity index (χ0n) is 50.4. The SMILES string of the molecule is CN1CCN(C)CC1.CN[C@@H](C)C(=O)N[C@@H](CCCNC(=O)CCCC(=O)N[C@H]1C[C@@H](C(=O)NC2CCCc3ccccc32)N(C(=O)[C@@H](NC(=O)[C@H](C)NC)C(C)(C)C)C1)C(=O)N1C[C@@H](N)C[C@H]1C(=O)N[C@@H]1CCCc2ccccc21.P. The molecule has 0 radical (unpaired) electrons. The molecule has 82 heavy (non-hydrogen) atoms. The number of piperazine rings is 1. The van der Waals surface area contributed by atoms with Crippen LogP contribution < -0.4 is 48.3 Å². The van der Waals surface area contributed by atoms with Crippen LogP contribution in [0.4, 0.5) is 0 Å². The lowest BCUT2D eigenvalue weighted by Crippen LogP contribution is -2.59. The summed E-state index contributed by atoms with van der Waals surface area (Å²) in [6, 6.07) is 9.89. The van der Waals surface area contributed by atoms with Gasteiger partial charge in [-0.2, -0.15) is 9.90 Å². The van der Waals surface area contributed by atoms with Crippen LogP contribution in [0, 0.1) is 5.41 Å². The van der Waals surface area contributed by atoms with Gasteiger partial charge in [-0.25, -0.2) is 0 Å². The summed E-state index contributed by atoms with van der Waals surface area (Å²) in [6.45, 7) is 14.3. The predicted molar refractivity (Wildman–Crippen MR) is 323 cm³/mol. The maximum absolute atomic E-state index is 14.5. The van der Waals surface area contributed by atoms with E-state index in [2.05, 4.69) is 78.6 Å². The molecule has 3 aliphatic heterocycles. The second-order valence-electron chi connectivity index (χ2n) is 24.2. The first-order chi connectivity index (χ1) is 38.6. The Bertz CT molecular complexity index is 2480. The number of nitrogens with zero attached hydrogens (tertiary/aromatic N) is 4. The minimum absolute atomic E-state index is 0. The Morgan fingerprint density at radius 1 is 0.634 bits per heavy atom. The third kappa shape index (κ3) is 19.0. The van der Waals surface area contributed by atoms with Gasteiger partial charge in [0.1, 0.15) is 24.2 Å². The smallest absolute Gasteiger partial charge is 0.246 e. The Kier molecular flexibility index (Phi) is 26.2. The molecular formula is C60H98N13O8P. The summed E-state index contributed by atoms with van der Waals surface area (Å²) in [7, 11) is 7.64. The second kappa shape index (κ2) is 31.9. The van der Waals surface area contributed by atoms with Gasteiger partial charge in [-0.15, -0.1) is 0 Å². The fourth-order valence-electron chi connectivity index (χ4n) is 11.5. The average molecular weight is 1160 g/mol. The molecule has 22 heteroatoms. The van der Waals surface area contributed by atoms with Crippen molar-refractivity contribution in [1.82, 2.24) is 62.1 Å². The number of carbonyl (C=O) groups is 8. The van der Waals surface area contributed by atoms with Crippen molar-refractivity contribution in [2.75, 3.05) is 74.0 Å². The summed E-state index contributed by atoms with van der Waals surface area (Å²) < 4.78 is 0. The van der Waals surface area contributed by atoms with Crippen LogP contribution in [0.25, 0.3) is 0 Å². The van der Waals surface area contributed by atoms with Gasteiger partial charge < -0.3 is 67.9 Å². The fourth-order valence-corrected chi connectivity index (χ4v) is 11.5. The molecule has 2 aliphatic carbocycles. The van der Waals surface area contributed by atoms with E-state index in [4.69, 9.17) is 5.73 Å². The maximum Gasteiger partial charge on any atom is 0.246 e. The molecule has 0 bridgehead atoms. The monoisotopic (exact) mass is 1160 g/mol. The van der Waals surface area contributed by atoms with Gasteiger partial charge in [0, 0.05) is 70.7 Å². The van der Waals surface area contributed by atoms with Crippen molar-refractivity contribution in [2.24, 2.45) is 11.1 Å². The first kappa shape index (κ1) is 67.2. The van der Waals surface area contributed by atoms with E-state index in [1.54, 1.807) is 27.9 Å². The Morgan fingerprint density at radius 2 is 1.12 bits per heavy atom. The molecule has 0 spiro atoms. The normalized spacial score (nSPS) is 23.1. The Morgan fingerprint density at radius 3 is 1.65 bits per heavy atom. The zero-order valence-corrected chi connectivity index (χ0v) is 51.8. The molecule has 3 fully saturated rings. The topological polar surface area (TPSA) is 272 Å². The van der Waals surface area contributed by atoms with Crippen LogP contribution in [0.15, 0.2) is 48.5 Å². The zero-order chi connectivity index (χ0) is 59.0. The molecule has 21 nitrogen and oxygen atoms in total. The van der Waals surface area contributed by atoms with Gasteiger partial charge >= 0.3 is 0 Å². The summed E-state index contributed by atoms with van der Waals surface area (Å²) in [6.07, 6.45) is 6.50. The summed E-state index contributed by atoms with van der Waals surface area (Å²) >= 11 is 0. The van der Waals surface area contributed by atoms with Crippen LogP contribution in [0.2, 0.25) is 0 Å². The van der Waals surface area contributed by atoms with E-state index in [-0.39, 0.29) is 116 Å². The van der Waals surface area contributed by atoms with E-state index < -0.39 is 65.6 Å². The maximum atomic E-state index is 14.5. The fraction of sp³-hybridized carbons (Fsp3) is 0.667. The third-order valence-electron chi connectivity index (χ3n) is 16.7. The van der Waals surface area contributed by atoms with Crippen molar-refractivity contribution >= 4 is 57.2 Å². The van der Waals surface area contributed by atoms with E-state index in [9.17, 15) is 38.4 Å². The molecular weight excluding hydrogens is 1060 g/mol. The quantitative estimate of drug-likeness (QED) is 0.0636. The van der Waals surface area contributed by atoms with Crippen LogP contribution in [-0.2, 0) is 51.2 Å². The van der Waals surface area contributed by atoms with Crippen LogP contribution >= 0.6 is 9.90 Å². The number of amides is 8. The van der Waals surface area contributed by atoms with E-state index in [1.807, 2.05) is 57.2 Å². The van der Waals surface area contributed by atoms with E-state index >= 15 is 0 Å². The second-order valence-corrected chi connectivity index (χ2v) is 24.2. The molecule has 456 valence electrons. The number of hydrogen-bond acceptors (Lipinski definition) is 13. The summed E-state index contributed by atoms with van der Waals surface area (Å²) in [4.78, 5) is 117. The van der Waals surface area contributed by atoms with Gasteiger partial charge in [-0.3, -0.25) is 38.4 Å². The Balaban J connectivity index is 0.00000126. The number of rotatable bonds is 21. The lowest BCUT2D eigenvalue weighted by atomic mass is 9.85. The minimum Gasteiger partial charge on any atom is -0.356 e. The molecule has 3 heterocycles. The number of benzene rings is 2. The van der Waals surface area contributed by atoms with Gasteiger partial charge in [0.05, 0.1) is 24.2 Å². The Labute approximate surface area is 490 Å². The van der Waals surface area contributed by atoms with Crippen LogP contribution in [0.1, 0.15) is 140 Å². The molecule has 5 aliphatic rings. The molecule has 11 atom stereocenters. The van der Waals surface area contributed by atoms with Gasteiger partial charge in [0.15, 0.2) is 0 Å². The van der Waals surface area contributed by atoms with Crippen LogP contribution in [-0.4, -0.2) is 189 Å². The first-order valence-corrected chi connectivity index (χ1v) is 29.6. The number of hydrogen-bond donors (Lipinski definition) is 9. The van der Waals surface area contributed by atoms with Crippen molar-refractivity contribution in [2.45, 2.75) is 179 Å². The lowest BCUT2D eigenvalue weighted by molar-refractivity contribution is -0.144. The highest BCUT2D eigenvalue weighted by molar-refractivity contribution is 6.92. The third-order valence-corrected chi connectivity index (χ3v) is 16.7. The van der Waals surface area contributed by atoms with Crippen molar-refractivity contribution in [3.63, 3.8) is 0 Å². The minimum atomic E-state index is -0.975. The average Bonchev–Trinajstić information content (AvgIpc) is 4.07. The van der Waals surface area contributed by atoms with E-state index in [0.717, 1.165) is 49.7 Å². The van der Waals surface area contributed by atoms with Gasteiger partial charge in [0.25, 0.3) is 0 Å². The number of carbonyl (C=O) groups excluding carboxylic acids is 8. The molecule has 10 N–H and O–H groups in total. The number of nitrogens with one attached hydrogen (secondary N) is 8. The molecule has 2 aromatic carbocycles. The lowest BCUT2D eigenvalue weighted by Gasteiger charge is -2.36. The standard InChI is InChI=1S/C54H81N11O8.C6H14N2.H3P/c1-32(56-6)48(68)62-42(52(72)64-30-36(55)28-43(64)50(70)60-40-22-12-18-34-16-8-10-20-38(34)40)24-15-27-58-45(66)25-14-26-46(67)59-37-29-44(51(71)61-41-23-13-19-35-17-9-11-21-39(35)41)65(31-37)53(73)47(54(3,4)5)63-49(69)33(2)57-7;1-7-3-5-8(2)6-4-7;/h8-11,16-17,20-21,32-33,36-37,40-44,47,56-57H,12-15,18-19,22-31,55H2,1-7H3,(H,58,66)(H,59,67)(H,60,70)(H,61,71)(H,62,68)(H,63,69);3-6H2,1-2H3;1H3/t32-,33-,36-,37-,40+,41?,42-,43-,44-,47+;;/m0../s1. The molecule has 7 rings (SSSR count). The number of nitrogens with two attached hydrogens (primary N) is 1. The highest BCUT2D eigenvalue weighted by atomic mass is 31.0. The first-order valence-electron chi connectivity index (χ1n) is 29.6. The van der Waals surface area contributed by atoms with E-state index in [1.165, 1.54) is 47.1 Å². The van der Waals surface area contributed by atoms with Gasteiger partial charge in [0.2, 0.25) is 47.3 Å². The summed E-state index contributed by atoms with van der Waals surface area (Å²) in [5, 5.41) is 23.8. The molecule has 8 amide bonds. The number of fused-ring (bicyclic) bond motifs is 2. The molecule has 3 saturated heterocycles. The summed E-state index contributed by atoms with van der Waals surface area (Å²) in [5.41, 5.74) is 10.2.